The molecule has 1 amide bonds. The maximum absolute atomic E-state index is 13.8. The van der Waals surface area contributed by atoms with Gasteiger partial charge in [-0.2, -0.15) is 0 Å². The molecule has 21 heavy (non-hydrogen) atoms. The fourth-order valence-corrected chi connectivity index (χ4v) is 3.25. The van der Waals surface area contributed by atoms with Gasteiger partial charge in [0.25, 0.3) is 0 Å². The van der Waals surface area contributed by atoms with E-state index in [0.717, 1.165) is 13.1 Å². The van der Waals surface area contributed by atoms with Crippen LogP contribution in [0.1, 0.15) is 6.92 Å². The third-order valence-corrected chi connectivity index (χ3v) is 4.62. The van der Waals surface area contributed by atoms with Gasteiger partial charge in [0.2, 0.25) is 5.91 Å². The zero-order chi connectivity index (χ0) is 14.8. The minimum absolute atomic E-state index is 0.102. The number of anilines is 1. The van der Waals surface area contributed by atoms with Crippen LogP contribution < -0.4 is 10.2 Å². The number of hydrogen-bond acceptors (Lipinski definition) is 3. The molecule has 3 rings (SSSR count). The van der Waals surface area contributed by atoms with E-state index in [9.17, 15) is 9.18 Å². The largest absolute Gasteiger partial charge is 0.366 e. The highest BCUT2D eigenvalue weighted by Crippen LogP contribution is 2.23. The molecule has 2 heterocycles. The Morgan fingerprint density at radius 3 is 2.52 bits per heavy atom. The van der Waals surface area contributed by atoms with Gasteiger partial charge in [-0.15, -0.1) is 0 Å². The lowest BCUT2D eigenvalue weighted by molar-refractivity contribution is -0.136. The SMILES string of the molecule is C[C@@H]1CNC[C@H]1C(=O)N1CCN(c2ccccc2F)CC1. The Balaban J connectivity index is 1.60. The minimum Gasteiger partial charge on any atom is -0.366 e. The number of amides is 1. The summed E-state index contributed by atoms with van der Waals surface area (Å²) in [6.45, 7) is 6.58. The maximum atomic E-state index is 13.8. The molecule has 0 radical (unpaired) electrons. The summed E-state index contributed by atoms with van der Waals surface area (Å²) >= 11 is 0. The molecule has 0 unspecified atom stereocenters. The minimum atomic E-state index is -0.189. The van der Waals surface area contributed by atoms with Gasteiger partial charge in [-0.25, -0.2) is 4.39 Å². The second-order valence-electron chi connectivity index (χ2n) is 6.01. The molecule has 0 aliphatic carbocycles. The molecule has 1 aromatic carbocycles. The highest BCUT2D eigenvalue weighted by molar-refractivity contribution is 5.80. The molecule has 114 valence electrons. The molecule has 1 aromatic rings. The summed E-state index contributed by atoms with van der Waals surface area (Å²) in [5, 5.41) is 3.28. The quantitative estimate of drug-likeness (QED) is 0.893. The number of halogens is 1. The van der Waals surface area contributed by atoms with E-state index in [0.29, 0.717) is 37.8 Å². The summed E-state index contributed by atoms with van der Waals surface area (Å²) in [6.07, 6.45) is 0. The second-order valence-corrected chi connectivity index (χ2v) is 6.01. The highest BCUT2D eigenvalue weighted by Gasteiger charge is 2.34. The summed E-state index contributed by atoms with van der Waals surface area (Å²) in [7, 11) is 0. The van der Waals surface area contributed by atoms with Crippen LogP contribution >= 0.6 is 0 Å². The third-order valence-electron chi connectivity index (χ3n) is 4.62. The summed E-state index contributed by atoms with van der Waals surface area (Å²) in [5.74, 6) is 0.568. The zero-order valence-electron chi connectivity index (χ0n) is 12.4. The smallest absolute Gasteiger partial charge is 0.227 e. The Kier molecular flexibility index (Phi) is 4.10. The van der Waals surface area contributed by atoms with Gasteiger partial charge in [-0.05, 0) is 24.6 Å². The molecule has 0 saturated carbocycles. The van der Waals surface area contributed by atoms with Gasteiger partial charge in [-0.1, -0.05) is 19.1 Å². The average molecular weight is 291 g/mol. The number of nitrogens with zero attached hydrogens (tertiary/aromatic N) is 2. The van der Waals surface area contributed by atoms with Crippen molar-refractivity contribution in [3.05, 3.63) is 30.1 Å². The van der Waals surface area contributed by atoms with Crippen LogP contribution in [0.4, 0.5) is 10.1 Å². The maximum Gasteiger partial charge on any atom is 0.227 e. The second kappa shape index (κ2) is 6.02. The van der Waals surface area contributed by atoms with Crippen LogP contribution in [0.5, 0.6) is 0 Å². The standard InChI is InChI=1S/C16H22FN3O/c1-12-10-18-11-13(12)16(21)20-8-6-19(7-9-20)15-5-3-2-4-14(15)17/h2-5,12-13,18H,6-11H2,1H3/t12-,13-/m1/s1. The van der Waals surface area contributed by atoms with Crippen molar-refractivity contribution < 1.29 is 9.18 Å². The molecule has 5 heteroatoms. The highest BCUT2D eigenvalue weighted by atomic mass is 19.1. The number of benzene rings is 1. The molecule has 2 aliphatic heterocycles. The Bertz CT molecular complexity index is 514. The zero-order valence-corrected chi connectivity index (χ0v) is 12.4. The molecule has 2 fully saturated rings. The number of carbonyl (C=O) groups excluding carboxylic acids is 1. The molecule has 2 atom stereocenters. The molecule has 0 aromatic heterocycles. The van der Waals surface area contributed by atoms with Gasteiger partial charge in [0.15, 0.2) is 0 Å². The average Bonchev–Trinajstić information content (AvgIpc) is 2.93. The molecule has 1 N–H and O–H groups in total. The normalized spacial score (nSPS) is 26.2. The first-order valence-electron chi connectivity index (χ1n) is 7.66. The number of rotatable bonds is 2. The predicted octanol–water partition coefficient (Wildman–Crippen LogP) is 1.33. The van der Waals surface area contributed by atoms with Crippen molar-refractivity contribution in [1.29, 1.82) is 0 Å². The molecule has 2 saturated heterocycles. The van der Waals surface area contributed by atoms with Crippen molar-refractivity contribution in [2.24, 2.45) is 11.8 Å². The van der Waals surface area contributed by atoms with E-state index in [2.05, 4.69) is 12.2 Å². The van der Waals surface area contributed by atoms with E-state index in [1.165, 1.54) is 6.07 Å². The first-order valence-corrected chi connectivity index (χ1v) is 7.66. The molecular formula is C16H22FN3O. The molecule has 2 aliphatic rings. The third kappa shape index (κ3) is 2.88. The first kappa shape index (κ1) is 14.3. The van der Waals surface area contributed by atoms with Crippen LogP contribution in [0.25, 0.3) is 0 Å². The lowest BCUT2D eigenvalue weighted by atomic mass is 9.96. The van der Waals surface area contributed by atoms with E-state index < -0.39 is 0 Å². The Hall–Kier alpha value is -1.62. The molecular weight excluding hydrogens is 269 g/mol. The van der Waals surface area contributed by atoms with Gasteiger partial charge in [0.1, 0.15) is 5.82 Å². The number of carbonyl (C=O) groups is 1. The van der Waals surface area contributed by atoms with Crippen LogP contribution in [0.2, 0.25) is 0 Å². The number of hydrogen-bond donors (Lipinski definition) is 1. The van der Waals surface area contributed by atoms with Gasteiger partial charge < -0.3 is 15.1 Å². The predicted molar refractivity (Wildman–Crippen MR) is 80.7 cm³/mol. The van der Waals surface area contributed by atoms with Gasteiger partial charge in [-0.3, -0.25) is 4.79 Å². The topological polar surface area (TPSA) is 35.6 Å². The monoisotopic (exact) mass is 291 g/mol. The van der Waals surface area contributed by atoms with E-state index >= 15 is 0 Å². The van der Waals surface area contributed by atoms with Crippen molar-refractivity contribution in [2.75, 3.05) is 44.2 Å². The number of piperazine rings is 1. The van der Waals surface area contributed by atoms with E-state index in [1.807, 2.05) is 15.9 Å². The molecule has 0 bridgehead atoms. The van der Waals surface area contributed by atoms with Crippen molar-refractivity contribution in [1.82, 2.24) is 10.2 Å². The van der Waals surface area contributed by atoms with Crippen LogP contribution in [0.15, 0.2) is 24.3 Å². The lowest BCUT2D eigenvalue weighted by Gasteiger charge is -2.37. The Morgan fingerprint density at radius 1 is 1.19 bits per heavy atom. The summed E-state index contributed by atoms with van der Waals surface area (Å²) in [6, 6.07) is 6.84. The van der Waals surface area contributed by atoms with Gasteiger partial charge >= 0.3 is 0 Å². The van der Waals surface area contributed by atoms with Gasteiger partial charge in [0.05, 0.1) is 11.6 Å². The van der Waals surface area contributed by atoms with Gasteiger partial charge in [0, 0.05) is 32.7 Å². The van der Waals surface area contributed by atoms with Crippen LogP contribution in [-0.4, -0.2) is 50.1 Å². The molecule has 0 spiro atoms. The van der Waals surface area contributed by atoms with Crippen LogP contribution in [0, 0.1) is 17.7 Å². The van der Waals surface area contributed by atoms with Crippen molar-refractivity contribution >= 4 is 11.6 Å². The van der Waals surface area contributed by atoms with Crippen LogP contribution in [-0.2, 0) is 4.79 Å². The Morgan fingerprint density at radius 2 is 1.90 bits per heavy atom. The van der Waals surface area contributed by atoms with Crippen molar-refractivity contribution in [3.63, 3.8) is 0 Å². The van der Waals surface area contributed by atoms with Crippen LogP contribution in [0.3, 0.4) is 0 Å². The number of para-hydroxylation sites is 1. The van der Waals surface area contributed by atoms with E-state index in [-0.39, 0.29) is 17.6 Å². The van der Waals surface area contributed by atoms with E-state index in [1.54, 1.807) is 12.1 Å². The molecule has 4 nitrogen and oxygen atoms in total. The summed E-state index contributed by atoms with van der Waals surface area (Å²) in [4.78, 5) is 16.5. The van der Waals surface area contributed by atoms with Crippen molar-refractivity contribution in [2.45, 2.75) is 6.92 Å². The fraction of sp³-hybridized carbons (Fsp3) is 0.562. The first-order chi connectivity index (χ1) is 10.2. The fourth-order valence-electron chi connectivity index (χ4n) is 3.25. The summed E-state index contributed by atoms with van der Waals surface area (Å²) < 4.78 is 13.8. The number of nitrogens with one attached hydrogen (secondary N) is 1. The lowest BCUT2D eigenvalue weighted by Crippen LogP contribution is -2.51. The Labute approximate surface area is 124 Å². The van der Waals surface area contributed by atoms with E-state index in [4.69, 9.17) is 0 Å². The summed E-state index contributed by atoms with van der Waals surface area (Å²) in [5.41, 5.74) is 0.639. The van der Waals surface area contributed by atoms with Crippen molar-refractivity contribution in [3.8, 4) is 0 Å².